The SMILES string of the molecule is COc1ccccc1CNC(=O)c1c(-c2sccc2C)noc1N. The maximum absolute atomic E-state index is 12.6. The number of thiophene rings is 1. The normalized spacial score (nSPS) is 10.6. The summed E-state index contributed by atoms with van der Waals surface area (Å²) in [6.45, 7) is 2.27. The van der Waals surface area contributed by atoms with Gasteiger partial charge in [-0.15, -0.1) is 11.3 Å². The van der Waals surface area contributed by atoms with Crippen molar-refractivity contribution in [3.05, 3.63) is 52.4 Å². The Hall–Kier alpha value is -2.80. The highest BCUT2D eigenvalue weighted by Crippen LogP contribution is 2.33. The number of methoxy groups -OCH3 is 1. The first-order valence-corrected chi connectivity index (χ1v) is 8.19. The third-order valence-corrected chi connectivity index (χ3v) is 4.68. The number of carbonyl (C=O) groups excluding carboxylic acids is 1. The van der Waals surface area contributed by atoms with E-state index in [0.717, 1.165) is 16.0 Å². The van der Waals surface area contributed by atoms with Crippen LogP contribution in [0.3, 0.4) is 0 Å². The molecular formula is C17H17N3O3S. The monoisotopic (exact) mass is 343 g/mol. The van der Waals surface area contributed by atoms with Gasteiger partial charge in [0.05, 0.1) is 12.0 Å². The number of carbonyl (C=O) groups is 1. The van der Waals surface area contributed by atoms with Gasteiger partial charge in [0, 0.05) is 12.1 Å². The van der Waals surface area contributed by atoms with E-state index in [9.17, 15) is 4.79 Å². The average Bonchev–Trinajstić information content (AvgIpc) is 3.18. The van der Waals surface area contributed by atoms with Crippen LogP contribution in [0.5, 0.6) is 5.75 Å². The molecule has 2 heterocycles. The van der Waals surface area contributed by atoms with E-state index in [0.29, 0.717) is 18.0 Å². The van der Waals surface area contributed by atoms with E-state index in [1.165, 1.54) is 11.3 Å². The number of benzene rings is 1. The number of nitrogens with two attached hydrogens (primary N) is 1. The number of nitrogens with zero attached hydrogens (tertiary/aromatic N) is 1. The fourth-order valence-electron chi connectivity index (χ4n) is 2.41. The van der Waals surface area contributed by atoms with E-state index < -0.39 is 0 Å². The van der Waals surface area contributed by atoms with Gasteiger partial charge < -0.3 is 20.3 Å². The second-order valence-electron chi connectivity index (χ2n) is 5.20. The molecule has 0 atom stereocenters. The van der Waals surface area contributed by atoms with Crippen LogP contribution >= 0.6 is 11.3 Å². The van der Waals surface area contributed by atoms with Crippen LogP contribution in [-0.2, 0) is 6.54 Å². The van der Waals surface area contributed by atoms with E-state index in [4.69, 9.17) is 15.0 Å². The zero-order chi connectivity index (χ0) is 17.1. The number of aryl methyl sites for hydroxylation is 1. The topological polar surface area (TPSA) is 90.4 Å². The van der Waals surface area contributed by atoms with E-state index in [1.807, 2.05) is 42.6 Å². The van der Waals surface area contributed by atoms with Gasteiger partial charge in [-0.1, -0.05) is 23.4 Å². The first-order valence-electron chi connectivity index (χ1n) is 7.31. The molecule has 24 heavy (non-hydrogen) atoms. The minimum Gasteiger partial charge on any atom is -0.496 e. The molecule has 0 aliphatic heterocycles. The fraction of sp³-hybridized carbons (Fsp3) is 0.176. The largest absolute Gasteiger partial charge is 0.496 e. The molecule has 2 aromatic heterocycles. The number of nitrogen functional groups attached to an aromatic ring is 1. The third-order valence-electron chi connectivity index (χ3n) is 3.65. The summed E-state index contributed by atoms with van der Waals surface area (Å²) in [5.41, 5.74) is 8.44. The van der Waals surface area contributed by atoms with Crippen molar-refractivity contribution in [1.29, 1.82) is 0 Å². The lowest BCUT2D eigenvalue weighted by molar-refractivity contribution is 0.0952. The molecule has 6 nitrogen and oxygen atoms in total. The summed E-state index contributed by atoms with van der Waals surface area (Å²) < 4.78 is 10.3. The molecule has 0 bridgehead atoms. The second-order valence-corrected chi connectivity index (χ2v) is 6.11. The smallest absolute Gasteiger partial charge is 0.259 e. The molecule has 3 N–H and O–H groups in total. The number of hydrogen-bond donors (Lipinski definition) is 2. The molecule has 0 fully saturated rings. The summed E-state index contributed by atoms with van der Waals surface area (Å²) in [5.74, 6) is 0.392. The maximum Gasteiger partial charge on any atom is 0.259 e. The van der Waals surface area contributed by atoms with Gasteiger partial charge in [-0.2, -0.15) is 0 Å². The lowest BCUT2D eigenvalue weighted by Gasteiger charge is -2.09. The Bertz CT molecular complexity index is 870. The molecule has 0 saturated heterocycles. The Morgan fingerprint density at radius 2 is 2.17 bits per heavy atom. The van der Waals surface area contributed by atoms with E-state index in [-0.39, 0.29) is 17.4 Å². The third kappa shape index (κ3) is 2.98. The van der Waals surface area contributed by atoms with Crippen LogP contribution < -0.4 is 15.8 Å². The van der Waals surface area contributed by atoms with Crippen molar-refractivity contribution in [2.45, 2.75) is 13.5 Å². The Kier molecular flexibility index (Phi) is 4.52. The molecule has 0 unspecified atom stereocenters. The quantitative estimate of drug-likeness (QED) is 0.742. The van der Waals surface area contributed by atoms with Gasteiger partial charge in [0.2, 0.25) is 5.88 Å². The van der Waals surface area contributed by atoms with Gasteiger partial charge in [-0.05, 0) is 30.0 Å². The number of ether oxygens (including phenoxy) is 1. The number of nitrogens with one attached hydrogen (secondary N) is 1. The zero-order valence-electron chi connectivity index (χ0n) is 13.3. The van der Waals surface area contributed by atoms with Gasteiger partial charge in [-0.3, -0.25) is 4.79 Å². The van der Waals surface area contributed by atoms with Gasteiger partial charge in [0.1, 0.15) is 17.0 Å². The lowest BCUT2D eigenvalue weighted by atomic mass is 10.1. The number of amides is 1. The molecule has 3 rings (SSSR count). The van der Waals surface area contributed by atoms with Crippen LogP contribution in [0.4, 0.5) is 5.88 Å². The van der Waals surface area contributed by atoms with Crippen LogP contribution in [-0.4, -0.2) is 18.2 Å². The summed E-state index contributed by atoms with van der Waals surface area (Å²) in [5, 5.41) is 8.73. The van der Waals surface area contributed by atoms with Crippen LogP contribution in [0, 0.1) is 6.92 Å². The average molecular weight is 343 g/mol. The molecule has 3 aromatic rings. The Balaban J connectivity index is 1.84. The van der Waals surface area contributed by atoms with Crippen LogP contribution in [0.2, 0.25) is 0 Å². The molecule has 0 aliphatic rings. The standard InChI is InChI=1S/C17H17N3O3S/c1-10-7-8-24-15(10)14-13(16(18)23-20-14)17(21)19-9-11-5-3-4-6-12(11)22-2/h3-8H,9,18H2,1-2H3,(H,19,21). The molecule has 0 radical (unpaired) electrons. The fourth-order valence-corrected chi connectivity index (χ4v) is 3.32. The minimum absolute atomic E-state index is 0.00956. The number of anilines is 1. The molecule has 0 saturated carbocycles. The molecule has 0 aliphatic carbocycles. The van der Waals surface area contributed by atoms with Crippen LogP contribution in [0.15, 0.2) is 40.2 Å². The van der Waals surface area contributed by atoms with Crippen molar-refractivity contribution in [2.75, 3.05) is 12.8 Å². The van der Waals surface area contributed by atoms with Crippen LogP contribution in [0.25, 0.3) is 10.6 Å². The summed E-state index contributed by atoms with van der Waals surface area (Å²) in [4.78, 5) is 13.5. The number of para-hydroxylation sites is 1. The van der Waals surface area contributed by atoms with Crippen LogP contribution in [0.1, 0.15) is 21.5 Å². The maximum atomic E-state index is 12.6. The Morgan fingerprint density at radius 3 is 2.88 bits per heavy atom. The number of hydrogen-bond acceptors (Lipinski definition) is 6. The molecule has 1 amide bonds. The van der Waals surface area contributed by atoms with Gasteiger partial charge in [0.25, 0.3) is 5.91 Å². The first-order chi connectivity index (χ1) is 11.6. The predicted octanol–water partition coefficient (Wildman–Crippen LogP) is 3.23. The first kappa shape index (κ1) is 16.1. The molecule has 7 heteroatoms. The summed E-state index contributed by atoms with van der Waals surface area (Å²) in [7, 11) is 1.59. The lowest BCUT2D eigenvalue weighted by Crippen LogP contribution is -2.24. The number of aromatic nitrogens is 1. The highest BCUT2D eigenvalue weighted by atomic mass is 32.1. The predicted molar refractivity (Wildman–Crippen MR) is 93.1 cm³/mol. The molecule has 124 valence electrons. The molecule has 1 aromatic carbocycles. The van der Waals surface area contributed by atoms with E-state index >= 15 is 0 Å². The Labute approximate surface area is 143 Å². The number of rotatable bonds is 5. The van der Waals surface area contributed by atoms with Crippen molar-refractivity contribution in [2.24, 2.45) is 0 Å². The second kappa shape index (κ2) is 6.76. The van der Waals surface area contributed by atoms with Gasteiger partial charge in [-0.25, -0.2) is 0 Å². The zero-order valence-corrected chi connectivity index (χ0v) is 14.1. The van der Waals surface area contributed by atoms with Crippen molar-refractivity contribution in [1.82, 2.24) is 10.5 Å². The molecule has 0 spiro atoms. The highest BCUT2D eigenvalue weighted by Gasteiger charge is 2.24. The van der Waals surface area contributed by atoms with E-state index in [2.05, 4.69) is 10.5 Å². The van der Waals surface area contributed by atoms with E-state index in [1.54, 1.807) is 7.11 Å². The minimum atomic E-state index is -0.331. The van der Waals surface area contributed by atoms with Crippen molar-refractivity contribution < 1.29 is 14.1 Å². The van der Waals surface area contributed by atoms with Crippen molar-refractivity contribution in [3.8, 4) is 16.3 Å². The van der Waals surface area contributed by atoms with Gasteiger partial charge >= 0.3 is 0 Å². The highest BCUT2D eigenvalue weighted by molar-refractivity contribution is 7.13. The summed E-state index contributed by atoms with van der Waals surface area (Å²) >= 11 is 1.49. The van der Waals surface area contributed by atoms with Crippen molar-refractivity contribution in [3.63, 3.8) is 0 Å². The molecular weight excluding hydrogens is 326 g/mol. The Morgan fingerprint density at radius 1 is 1.38 bits per heavy atom. The summed E-state index contributed by atoms with van der Waals surface area (Å²) in [6, 6.07) is 9.45. The summed E-state index contributed by atoms with van der Waals surface area (Å²) in [6.07, 6.45) is 0. The van der Waals surface area contributed by atoms with Gasteiger partial charge in [0.15, 0.2) is 0 Å². The van der Waals surface area contributed by atoms with Crippen molar-refractivity contribution >= 4 is 23.1 Å².